The molecule has 1 atom stereocenters. The van der Waals surface area contributed by atoms with Crippen molar-refractivity contribution >= 4 is 15.8 Å². The van der Waals surface area contributed by atoms with Gasteiger partial charge in [-0.2, -0.15) is 0 Å². The van der Waals surface area contributed by atoms with Crippen molar-refractivity contribution in [1.82, 2.24) is 0 Å². The van der Waals surface area contributed by atoms with Gasteiger partial charge in [0.05, 0.1) is 25.0 Å². The quantitative estimate of drug-likeness (QED) is 0.800. The van der Waals surface area contributed by atoms with E-state index in [1.807, 2.05) is 32.0 Å². The number of sulfone groups is 1. The maximum atomic E-state index is 11.9. The third-order valence-corrected chi connectivity index (χ3v) is 4.80. The molecular formula is C14H21NO4S. The average molecular weight is 299 g/mol. The lowest BCUT2D eigenvalue weighted by atomic mass is 10.0. The predicted molar refractivity (Wildman–Crippen MR) is 78.1 cm³/mol. The van der Waals surface area contributed by atoms with E-state index in [4.69, 9.17) is 5.73 Å². The molecule has 0 fully saturated rings. The maximum Gasteiger partial charge on any atom is 0.306 e. The Balaban J connectivity index is 2.73. The number of rotatable bonds is 6. The van der Waals surface area contributed by atoms with E-state index >= 15 is 0 Å². The average Bonchev–Trinajstić information content (AvgIpc) is 2.35. The number of carbonyl (C=O) groups excluding carboxylic acids is 1. The summed E-state index contributed by atoms with van der Waals surface area (Å²) >= 11 is 0. The van der Waals surface area contributed by atoms with Gasteiger partial charge in [0.2, 0.25) is 0 Å². The number of ether oxygens (including phenoxy) is 1. The Hall–Kier alpha value is -1.40. The summed E-state index contributed by atoms with van der Waals surface area (Å²) in [5.74, 6) is -0.944. The molecule has 1 unspecified atom stereocenters. The molecule has 0 aliphatic heterocycles. The molecule has 0 heterocycles. The van der Waals surface area contributed by atoms with Crippen molar-refractivity contribution in [3.8, 4) is 0 Å². The topological polar surface area (TPSA) is 86.5 Å². The lowest BCUT2D eigenvalue weighted by Gasteiger charge is -2.15. The van der Waals surface area contributed by atoms with Gasteiger partial charge in [-0.15, -0.1) is 0 Å². The molecule has 0 aromatic heterocycles. The minimum Gasteiger partial charge on any atom is -0.469 e. The van der Waals surface area contributed by atoms with Gasteiger partial charge in [-0.1, -0.05) is 23.8 Å². The molecule has 6 heteroatoms. The van der Waals surface area contributed by atoms with Crippen LogP contribution in [0.4, 0.5) is 0 Å². The summed E-state index contributed by atoms with van der Waals surface area (Å²) in [5, 5.41) is 0. The minimum absolute atomic E-state index is 0.140. The Kier molecular flexibility index (Phi) is 5.71. The fraction of sp³-hybridized carbons (Fsp3) is 0.500. The number of hydrogen-bond donors (Lipinski definition) is 1. The maximum absolute atomic E-state index is 11.9. The van der Waals surface area contributed by atoms with Crippen LogP contribution in [0.5, 0.6) is 0 Å². The number of esters is 1. The van der Waals surface area contributed by atoms with Crippen molar-refractivity contribution in [3.05, 3.63) is 34.9 Å². The zero-order valence-electron chi connectivity index (χ0n) is 12.0. The van der Waals surface area contributed by atoms with Gasteiger partial charge in [0.25, 0.3) is 0 Å². The van der Waals surface area contributed by atoms with Crippen LogP contribution in [0.25, 0.3) is 0 Å². The van der Waals surface area contributed by atoms with Crippen molar-refractivity contribution in [1.29, 1.82) is 0 Å². The second-order valence-corrected chi connectivity index (χ2v) is 7.14. The molecule has 0 spiro atoms. The van der Waals surface area contributed by atoms with Crippen LogP contribution in [0.15, 0.2) is 18.2 Å². The number of carbonyl (C=O) groups is 1. The summed E-state index contributed by atoms with van der Waals surface area (Å²) < 4.78 is 28.3. The largest absolute Gasteiger partial charge is 0.469 e. The second-order valence-electron chi connectivity index (χ2n) is 4.91. The molecule has 1 aromatic rings. The highest BCUT2D eigenvalue weighted by Crippen LogP contribution is 2.19. The van der Waals surface area contributed by atoms with E-state index in [-0.39, 0.29) is 17.9 Å². The highest BCUT2D eigenvalue weighted by atomic mass is 32.2. The van der Waals surface area contributed by atoms with E-state index in [2.05, 4.69) is 4.74 Å². The van der Waals surface area contributed by atoms with Gasteiger partial charge in [0.15, 0.2) is 9.84 Å². The van der Waals surface area contributed by atoms with Gasteiger partial charge in [-0.25, -0.2) is 8.42 Å². The zero-order valence-corrected chi connectivity index (χ0v) is 12.9. The molecule has 1 aromatic carbocycles. The Morgan fingerprint density at radius 2 is 2.00 bits per heavy atom. The van der Waals surface area contributed by atoms with Gasteiger partial charge in [-0.05, 0) is 25.0 Å². The van der Waals surface area contributed by atoms with Crippen molar-refractivity contribution in [2.24, 2.45) is 5.73 Å². The Bertz CT molecular complexity index is 581. The fourth-order valence-electron chi connectivity index (χ4n) is 2.03. The Morgan fingerprint density at radius 1 is 1.35 bits per heavy atom. The third-order valence-electron chi connectivity index (χ3n) is 3.10. The van der Waals surface area contributed by atoms with Crippen molar-refractivity contribution < 1.29 is 17.9 Å². The summed E-state index contributed by atoms with van der Waals surface area (Å²) in [4.78, 5) is 11.0. The summed E-state index contributed by atoms with van der Waals surface area (Å²) in [6.45, 7) is 3.87. The van der Waals surface area contributed by atoms with Gasteiger partial charge < -0.3 is 10.5 Å². The molecule has 0 saturated carbocycles. The predicted octanol–water partition coefficient (Wildman–Crippen LogP) is 1.28. The van der Waals surface area contributed by atoms with Crippen LogP contribution in [0.3, 0.4) is 0 Å². The first-order valence-corrected chi connectivity index (χ1v) is 8.17. The van der Waals surface area contributed by atoms with Crippen molar-refractivity contribution in [2.75, 3.05) is 18.6 Å². The first kappa shape index (κ1) is 16.7. The first-order valence-electron chi connectivity index (χ1n) is 6.35. The van der Waals surface area contributed by atoms with Gasteiger partial charge >= 0.3 is 5.97 Å². The molecule has 0 radical (unpaired) electrons. The SMILES string of the molecule is COC(=O)CCS(=O)(=O)CC(N)c1ccc(C)cc1C. The standard InChI is InChI=1S/C14H21NO4S/c1-10-4-5-12(11(2)8-10)13(15)9-20(17,18)7-6-14(16)19-3/h4-5,8,13H,6-7,9,15H2,1-3H3. The molecule has 0 aliphatic rings. The normalized spacial score (nSPS) is 13.0. The second kappa shape index (κ2) is 6.85. The molecule has 2 N–H and O–H groups in total. The molecule has 1 rings (SSSR count). The van der Waals surface area contributed by atoms with Crippen LogP contribution >= 0.6 is 0 Å². The molecule has 0 aliphatic carbocycles. The molecule has 112 valence electrons. The molecule has 0 amide bonds. The number of hydrogen-bond acceptors (Lipinski definition) is 5. The van der Waals surface area contributed by atoms with Gasteiger partial charge in [0, 0.05) is 6.04 Å². The summed E-state index contributed by atoms with van der Waals surface area (Å²) in [7, 11) is -2.15. The number of methoxy groups -OCH3 is 1. The summed E-state index contributed by atoms with van der Waals surface area (Å²) in [6.07, 6.45) is -0.140. The highest BCUT2D eigenvalue weighted by Gasteiger charge is 2.20. The summed E-state index contributed by atoms with van der Waals surface area (Å²) in [6, 6.07) is 5.14. The minimum atomic E-state index is -3.39. The van der Waals surface area contributed by atoms with Crippen LogP contribution in [-0.2, 0) is 19.4 Å². The van der Waals surface area contributed by atoms with Gasteiger partial charge in [-0.3, -0.25) is 4.79 Å². The van der Waals surface area contributed by atoms with E-state index in [0.717, 1.165) is 16.7 Å². The Labute approximate surface area is 120 Å². The van der Waals surface area contributed by atoms with Crippen LogP contribution in [0.1, 0.15) is 29.2 Å². The van der Waals surface area contributed by atoms with E-state index in [0.29, 0.717) is 0 Å². The lowest BCUT2D eigenvalue weighted by molar-refractivity contribution is -0.140. The van der Waals surface area contributed by atoms with Crippen LogP contribution in [0.2, 0.25) is 0 Å². The molecule has 0 saturated heterocycles. The van der Waals surface area contributed by atoms with E-state index < -0.39 is 21.8 Å². The monoisotopic (exact) mass is 299 g/mol. The first-order chi connectivity index (χ1) is 9.25. The van der Waals surface area contributed by atoms with E-state index in [9.17, 15) is 13.2 Å². The third kappa shape index (κ3) is 4.94. The lowest BCUT2D eigenvalue weighted by Crippen LogP contribution is -2.25. The van der Waals surface area contributed by atoms with E-state index in [1.54, 1.807) is 0 Å². The summed E-state index contributed by atoms with van der Waals surface area (Å²) in [5.41, 5.74) is 8.87. The van der Waals surface area contributed by atoms with Gasteiger partial charge in [0.1, 0.15) is 0 Å². The van der Waals surface area contributed by atoms with E-state index in [1.165, 1.54) is 7.11 Å². The molecule has 5 nitrogen and oxygen atoms in total. The molecule has 0 bridgehead atoms. The zero-order chi connectivity index (χ0) is 15.3. The van der Waals surface area contributed by atoms with Crippen molar-refractivity contribution in [2.45, 2.75) is 26.3 Å². The Morgan fingerprint density at radius 3 is 2.55 bits per heavy atom. The highest BCUT2D eigenvalue weighted by molar-refractivity contribution is 7.91. The number of benzene rings is 1. The number of aryl methyl sites for hydroxylation is 2. The molecule has 20 heavy (non-hydrogen) atoms. The molecular weight excluding hydrogens is 278 g/mol. The fourth-order valence-corrected chi connectivity index (χ4v) is 3.40. The van der Waals surface area contributed by atoms with Crippen LogP contribution < -0.4 is 5.73 Å². The van der Waals surface area contributed by atoms with Crippen LogP contribution in [-0.4, -0.2) is 33.0 Å². The smallest absolute Gasteiger partial charge is 0.306 e. The van der Waals surface area contributed by atoms with Crippen molar-refractivity contribution in [3.63, 3.8) is 0 Å². The van der Waals surface area contributed by atoms with Crippen LogP contribution in [0, 0.1) is 13.8 Å². The number of nitrogens with two attached hydrogens (primary N) is 1.